The lowest BCUT2D eigenvalue weighted by atomic mass is 9.95. The number of halogens is 2. The molecule has 9 nitrogen and oxygen atoms in total. The molecule has 0 bridgehead atoms. The minimum atomic E-state index is -1.04. The van der Waals surface area contributed by atoms with Crippen molar-refractivity contribution in [2.75, 3.05) is 19.1 Å². The Morgan fingerprint density at radius 1 is 1.13 bits per heavy atom. The highest BCUT2D eigenvalue weighted by Crippen LogP contribution is 2.45. The maximum absolute atomic E-state index is 13.4. The van der Waals surface area contributed by atoms with Crippen LogP contribution in [0.25, 0.3) is 0 Å². The van der Waals surface area contributed by atoms with E-state index in [9.17, 15) is 14.7 Å². The fourth-order valence-electron chi connectivity index (χ4n) is 4.05. The number of anilines is 1. The minimum Gasteiger partial charge on any atom is -0.503 e. The van der Waals surface area contributed by atoms with Gasteiger partial charge >= 0.3 is 0 Å². The van der Waals surface area contributed by atoms with Crippen LogP contribution in [0.3, 0.4) is 0 Å². The van der Waals surface area contributed by atoms with Gasteiger partial charge in [-0.3, -0.25) is 14.5 Å². The highest BCUT2D eigenvalue weighted by atomic mass is 35.5. The van der Waals surface area contributed by atoms with Crippen LogP contribution in [0.1, 0.15) is 27.7 Å². The van der Waals surface area contributed by atoms with Gasteiger partial charge in [0, 0.05) is 15.8 Å². The first-order valence-electron chi connectivity index (χ1n) is 11.3. The fraction of sp³-hybridized carbons (Fsp3) is 0.154. The third kappa shape index (κ3) is 5.22. The summed E-state index contributed by atoms with van der Waals surface area (Å²) < 4.78 is 16.6. The molecule has 0 fully saturated rings. The molecule has 1 unspecified atom stereocenters. The predicted molar refractivity (Wildman–Crippen MR) is 148 cm³/mol. The van der Waals surface area contributed by atoms with E-state index in [2.05, 4.69) is 10.2 Å². The van der Waals surface area contributed by atoms with Gasteiger partial charge < -0.3 is 19.0 Å². The van der Waals surface area contributed by atoms with Gasteiger partial charge in [0.05, 0.1) is 32.1 Å². The van der Waals surface area contributed by atoms with Gasteiger partial charge in [-0.2, -0.15) is 0 Å². The van der Waals surface area contributed by atoms with Gasteiger partial charge in [0.15, 0.2) is 27.4 Å². The van der Waals surface area contributed by atoms with E-state index in [0.717, 1.165) is 16.9 Å². The SMILES string of the molecule is COc1ccc(C2C(C(=O)c3ccco3)=C(O)C(=O)N2c2nnc(SCc3ccc(Cl)cc3Cl)s2)cc1OC. The monoisotopic (exact) mass is 603 g/mol. The van der Waals surface area contributed by atoms with Gasteiger partial charge in [-0.15, -0.1) is 10.2 Å². The lowest BCUT2D eigenvalue weighted by molar-refractivity contribution is -0.117. The lowest BCUT2D eigenvalue weighted by Gasteiger charge is -2.24. The molecule has 0 saturated heterocycles. The minimum absolute atomic E-state index is 0.0231. The Hall–Kier alpha value is -3.51. The van der Waals surface area contributed by atoms with Crippen molar-refractivity contribution in [1.82, 2.24) is 10.2 Å². The van der Waals surface area contributed by atoms with Crippen LogP contribution in [0.15, 0.2) is 74.9 Å². The van der Waals surface area contributed by atoms with E-state index in [-0.39, 0.29) is 16.5 Å². The van der Waals surface area contributed by atoms with Crippen LogP contribution in [0, 0.1) is 0 Å². The normalized spacial score (nSPS) is 15.2. The molecule has 3 heterocycles. The van der Waals surface area contributed by atoms with E-state index in [0.29, 0.717) is 37.2 Å². The molecule has 1 atom stereocenters. The number of hydrogen-bond donors (Lipinski definition) is 1. The summed E-state index contributed by atoms with van der Waals surface area (Å²) in [6.45, 7) is 0. The van der Waals surface area contributed by atoms with Crippen molar-refractivity contribution in [3.63, 3.8) is 0 Å². The molecule has 0 radical (unpaired) electrons. The highest BCUT2D eigenvalue weighted by Gasteiger charge is 2.47. The number of thioether (sulfide) groups is 1. The number of hydrogen-bond acceptors (Lipinski definition) is 10. The Morgan fingerprint density at radius 3 is 2.62 bits per heavy atom. The Balaban J connectivity index is 1.52. The van der Waals surface area contributed by atoms with Crippen LogP contribution in [0.2, 0.25) is 10.0 Å². The van der Waals surface area contributed by atoms with E-state index in [1.807, 2.05) is 6.07 Å². The molecule has 1 amide bonds. The van der Waals surface area contributed by atoms with Crippen LogP contribution in [-0.2, 0) is 10.5 Å². The average molecular weight is 604 g/mol. The van der Waals surface area contributed by atoms with Gasteiger partial charge in [0.1, 0.15) is 0 Å². The summed E-state index contributed by atoms with van der Waals surface area (Å²) in [5, 5.41) is 20.6. The number of carbonyl (C=O) groups is 2. The Bertz CT molecular complexity index is 1590. The second-order valence-corrected chi connectivity index (χ2v) is 11.2. The summed E-state index contributed by atoms with van der Waals surface area (Å²) >= 11 is 14.8. The molecule has 2 aromatic carbocycles. The van der Waals surface area contributed by atoms with Crippen molar-refractivity contribution < 1.29 is 28.6 Å². The summed E-state index contributed by atoms with van der Waals surface area (Å²) in [4.78, 5) is 28.1. The Labute approximate surface area is 241 Å². The number of Topliss-reactive ketones (excluding diaryl/α,β-unsaturated/α-hetero) is 1. The van der Waals surface area contributed by atoms with E-state index in [4.69, 9.17) is 37.1 Å². The third-order valence-electron chi connectivity index (χ3n) is 5.89. The largest absolute Gasteiger partial charge is 0.503 e. The standard InChI is InChI=1S/C26H19Cl2N3O6S2/c1-35-17-8-6-13(10-19(17)36-2)21-20(22(32)18-4-3-9-37-18)23(33)24(34)31(21)25-29-30-26(39-25)38-12-14-5-7-15(27)11-16(14)28/h3-11,21,33H,12H2,1-2H3. The van der Waals surface area contributed by atoms with Gasteiger partial charge in [-0.1, -0.05) is 58.4 Å². The molecule has 2 aromatic heterocycles. The van der Waals surface area contributed by atoms with Crippen molar-refractivity contribution in [2.45, 2.75) is 16.1 Å². The van der Waals surface area contributed by atoms with Gasteiger partial charge in [0.2, 0.25) is 10.9 Å². The van der Waals surface area contributed by atoms with E-state index in [1.54, 1.807) is 36.4 Å². The summed E-state index contributed by atoms with van der Waals surface area (Å²) in [5.74, 6) is -0.823. The number of aliphatic hydroxyl groups excluding tert-OH is 1. The first-order valence-corrected chi connectivity index (χ1v) is 13.8. The van der Waals surface area contributed by atoms with E-state index >= 15 is 0 Å². The summed E-state index contributed by atoms with van der Waals surface area (Å²) in [6.07, 6.45) is 1.34. The molecule has 200 valence electrons. The molecule has 0 aliphatic carbocycles. The fourth-order valence-corrected chi connectivity index (χ4v) is 6.48. The van der Waals surface area contributed by atoms with Crippen LogP contribution in [0.5, 0.6) is 11.5 Å². The number of furan rings is 1. The number of nitrogens with zero attached hydrogens (tertiary/aromatic N) is 3. The number of benzene rings is 2. The van der Waals surface area contributed by atoms with Gasteiger partial charge in [0.25, 0.3) is 5.91 Å². The number of ketones is 1. The van der Waals surface area contributed by atoms with E-state index in [1.165, 1.54) is 43.2 Å². The maximum atomic E-state index is 13.4. The molecular weight excluding hydrogens is 585 g/mol. The second kappa shape index (κ2) is 11.3. The summed E-state index contributed by atoms with van der Waals surface area (Å²) in [6, 6.07) is 12.2. The number of rotatable bonds is 9. The van der Waals surface area contributed by atoms with Gasteiger partial charge in [-0.25, -0.2) is 0 Å². The zero-order chi connectivity index (χ0) is 27.7. The third-order valence-corrected chi connectivity index (χ3v) is 8.58. The quantitative estimate of drug-likeness (QED) is 0.129. The highest BCUT2D eigenvalue weighted by molar-refractivity contribution is 8.00. The molecule has 4 aromatic rings. The molecule has 5 rings (SSSR count). The number of methoxy groups -OCH3 is 2. The molecule has 0 saturated carbocycles. The molecule has 1 N–H and O–H groups in total. The number of carbonyl (C=O) groups excluding carboxylic acids is 2. The predicted octanol–water partition coefficient (Wildman–Crippen LogP) is 6.53. The molecule has 1 aliphatic rings. The topological polar surface area (TPSA) is 115 Å². The molecule has 1 aliphatic heterocycles. The molecular formula is C26H19Cl2N3O6S2. The van der Waals surface area contributed by atoms with Crippen molar-refractivity contribution >= 4 is 63.1 Å². The van der Waals surface area contributed by atoms with Crippen molar-refractivity contribution in [2.24, 2.45) is 0 Å². The molecule has 13 heteroatoms. The number of aromatic nitrogens is 2. The van der Waals surface area contributed by atoms with Crippen LogP contribution in [0.4, 0.5) is 5.13 Å². The summed E-state index contributed by atoms with van der Waals surface area (Å²) in [7, 11) is 2.97. The zero-order valence-electron chi connectivity index (χ0n) is 20.4. The first-order chi connectivity index (χ1) is 18.8. The van der Waals surface area contributed by atoms with Crippen LogP contribution < -0.4 is 14.4 Å². The lowest BCUT2D eigenvalue weighted by Crippen LogP contribution is -2.31. The Kier molecular flexibility index (Phi) is 7.85. The zero-order valence-corrected chi connectivity index (χ0v) is 23.5. The van der Waals surface area contributed by atoms with E-state index < -0.39 is 23.5 Å². The van der Waals surface area contributed by atoms with Crippen LogP contribution >= 0.6 is 46.3 Å². The first kappa shape index (κ1) is 27.1. The van der Waals surface area contributed by atoms with Gasteiger partial charge in [-0.05, 0) is 47.5 Å². The number of ether oxygens (including phenoxy) is 2. The number of amides is 1. The second-order valence-electron chi connectivity index (χ2n) is 8.14. The average Bonchev–Trinajstić information content (AvgIpc) is 3.68. The Morgan fingerprint density at radius 2 is 1.92 bits per heavy atom. The summed E-state index contributed by atoms with van der Waals surface area (Å²) in [5.41, 5.74) is 1.19. The smallest absolute Gasteiger partial charge is 0.296 e. The van der Waals surface area contributed by atoms with Crippen LogP contribution in [-0.4, -0.2) is 41.2 Å². The van der Waals surface area contributed by atoms with Crippen molar-refractivity contribution in [3.8, 4) is 11.5 Å². The maximum Gasteiger partial charge on any atom is 0.296 e. The molecule has 0 spiro atoms. The molecule has 39 heavy (non-hydrogen) atoms. The number of aliphatic hydroxyl groups is 1. The van der Waals surface area contributed by atoms with Crippen molar-refractivity contribution in [3.05, 3.63) is 93.1 Å². The van der Waals surface area contributed by atoms with Crippen molar-refractivity contribution in [1.29, 1.82) is 0 Å².